The third-order valence-corrected chi connectivity index (χ3v) is 3.08. The van der Waals surface area contributed by atoms with Gasteiger partial charge in [0.05, 0.1) is 13.0 Å². The van der Waals surface area contributed by atoms with Crippen LogP contribution in [0.4, 0.5) is 0 Å². The molecule has 2 aromatic rings. The monoisotopic (exact) mass is 294 g/mol. The second-order valence-electron chi connectivity index (χ2n) is 4.73. The van der Waals surface area contributed by atoms with Gasteiger partial charge in [-0.3, -0.25) is 9.59 Å². The highest BCUT2D eigenvalue weighted by Gasteiger charge is 2.08. The number of hydrogen-bond acceptors (Lipinski definition) is 3. The fourth-order valence-electron chi connectivity index (χ4n) is 2.05. The van der Waals surface area contributed by atoms with Crippen LogP contribution in [0.15, 0.2) is 60.7 Å². The van der Waals surface area contributed by atoms with Crippen LogP contribution in [0.1, 0.15) is 34.8 Å². The Hall–Kier alpha value is -2.68. The first-order valence-corrected chi connectivity index (χ1v) is 7.22. The Morgan fingerprint density at radius 1 is 1.00 bits per heavy atom. The molecule has 0 unspecified atom stereocenters. The first-order valence-electron chi connectivity index (χ1n) is 7.22. The Kier molecular flexibility index (Phi) is 5.66. The number of carbonyl (C=O) groups is 2. The molecule has 0 atom stereocenters. The Morgan fingerprint density at radius 3 is 2.45 bits per heavy atom. The van der Waals surface area contributed by atoms with Crippen molar-refractivity contribution in [2.75, 3.05) is 6.61 Å². The minimum atomic E-state index is -0.254. The largest absolute Gasteiger partial charge is 0.466 e. The van der Waals surface area contributed by atoms with Gasteiger partial charge >= 0.3 is 5.97 Å². The molecule has 2 rings (SSSR count). The van der Waals surface area contributed by atoms with Gasteiger partial charge in [0.1, 0.15) is 0 Å². The number of esters is 1. The van der Waals surface area contributed by atoms with Crippen LogP contribution in [0, 0.1) is 0 Å². The fraction of sp³-hybridized carbons (Fsp3) is 0.158. The minimum absolute atomic E-state index is 0.0127. The van der Waals surface area contributed by atoms with Gasteiger partial charge in [-0.2, -0.15) is 0 Å². The van der Waals surface area contributed by atoms with E-state index in [2.05, 4.69) is 0 Å². The van der Waals surface area contributed by atoms with E-state index in [0.717, 1.165) is 5.56 Å². The average Bonchev–Trinajstić information content (AvgIpc) is 2.55. The molecule has 0 spiro atoms. The molecule has 112 valence electrons. The highest BCUT2D eigenvalue weighted by Crippen LogP contribution is 2.13. The molecule has 0 saturated heterocycles. The zero-order chi connectivity index (χ0) is 15.8. The fourth-order valence-corrected chi connectivity index (χ4v) is 2.05. The smallest absolute Gasteiger partial charge is 0.309 e. The molecule has 0 fully saturated rings. The first kappa shape index (κ1) is 15.7. The maximum atomic E-state index is 12.4. The van der Waals surface area contributed by atoms with Crippen LogP contribution in [0.3, 0.4) is 0 Å². The summed E-state index contributed by atoms with van der Waals surface area (Å²) in [6.07, 6.45) is 3.79. The van der Waals surface area contributed by atoms with Crippen LogP contribution in [0.2, 0.25) is 0 Å². The van der Waals surface area contributed by atoms with Gasteiger partial charge in [-0.25, -0.2) is 0 Å². The third-order valence-electron chi connectivity index (χ3n) is 3.08. The molecule has 0 aliphatic rings. The van der Waals surface area contributed by atoms with E-state index in [1.807, 2.05) is 42.5 Å². The molecule has 22 heavy (non-hydrogen) atoms. The Labute approximate surface area is 130 Å². The van der Waals surface area contributed by atoms with Crippen molar-refractivity contribution in [1.82, 2.24) is 0 Å². The summed E-state index contributed by atoms with van der Waals surface area (Å²) in [7, 11) is 0. The molecule has 0 saturated carbocycles. The van der Waals surface area contributed by atoms with Gasteiger partial charge in [0.15, 0.2) is 5.78 Å². The van der Waals surface area contributed by atoms with E-state index in [4.69, 9.17) is 4.74 Å². The van der Waals surface area contributed by atoms with Crippen molar-refractivity contribution in [3.05, 3.63) is 77.4 Å². The zero-order valence-electron chi connectivity index (χ0n) is 12.5. The second-order valence-corrected chi connectivity index (χ2v) is 4.73. The SMILES string of the molecule is CCOC(=O)C/C=C/c1cccc(C(=O)c2ccccc2)c1. The van der Waals surface area contributed by atoms with Gasteiger partial charge in [0, 0.05) is 11.1 Å². The van der Waals surface area contributed by atoms with Crippen molar-refractivity contribution in [3.63, 3.8) is 0 Å². The van der Waals surface area contributed by atoms with E-state index in [1.165, 1.54) is 0 Å². The first-order chi connectivity index (χ1) is 10.7. The summed E-state index contributed by atoms with van der Waals surface area (Å²) in [5.41, 5.74) is 2.17. The molecular weight excluding hydrogens is 276 g/mol. The summed E-state index contributed by atoms with van der Waals surface area (Å²) in [5, 5.41) is 0. The number of carbonyl (C=O) groups excluding carboxylic acids is 2. The normalized spacial score (nSPS) is 10.6. The number of hydrogen-bond donors (Lipinski definition) is 0. The maximum absolute atomic E-state index is 12.4. The highest BCUT2D eigenvalue weighted by molar-refractivity contribution is 6.09. The van der Waals surface area contributed by atoms with Gasteiger partial charge in [0.25, 0.3) is 0 Å². The average molecular weight is 294 g/mol. The number of rotatable bonds is 6. The van der Waals surface area contributed by atoms with Crippen molar-refractivity contribution in [1.29, 1.82) is 0 Å². The quantitative estimate of drug-likeness (QED) is 0.600. The van der Waals surface area contributed by atoms with Gasteiger partial charge in [0.2, 0.25) is 0 Å². The predicted molar refractivity (Wildman–Crippen MR) is 86.6 cm³/mol. The van der Waals surface area contributed by atoms with Crippen LogP contribution in [0.5, 0.6) is 0 Å². The van der Waals surface area contributed by atoms with Crippen LogP contribution in [-0.4, -0.2) is 18.4 Å². The molecule has 0 aliphatic carbocycles. The van der Waals surface area contributed by atoms with Crippen molar-refractivity contribution in [3.8, 4) is 0 Å². The molecule has 0 bridgehead atoms. The molecule has 3 heteroatoms. The van der Waals surface area contributed by atoms with Crippen LogP contribution in [-0.2, 0) is 9.53 Å². The van der Waals surface area contributed by atoms with Crippen LogP contribution < -0.4 is 0 Å². The van der Waals surface area contributed by atoms with E-state index in [1.54, 1.807) is 31.2 Å². The van der Waals surface area contributed by atoms with Gasteiger partial charge in [-0.15, -0.1) is 0 Å². The van der Waals surface area contributed by atoms with Crippen molar-refractivity contribution >= 4 is 17.8 Å². The summed E-state index contributed by atoms with van der Waals surface area (Å²) in [4.78, 5) is 23.6. The summed E-state index contributed by atoms with van der Waals surface area (Å²) in [5.74, 6) is -0.267. The molecule has 0 radical (unpaired) electrons. The van der Waals surface area contributed by atoms with Gasteiger partial charge in [-0.05, 0) is 18.6 Å². The number of benzene rings is 2. The lowest BCUT2D eigenvalue weighted by Gasteiger charge is -2.02. The summed E-state index contributed by atoms with van der Waals surface area (Å²) < 4.78 is 4.86. The van der Waals surface area contributed by atoms with E-state index in [9.17, 15) is 9.59 Å². The van der Waals surface area contributed by atoms with Gasteiger partial charge in [-0.1, -0.05) is 60.7 Å². The molecule has 0 aromatic heterocycles. The standard InChI is InChI=1S/C19H18O3/c1-2-22-18(20)13-7-9-15-8-6-12-17(14-15)19(21)16-10-4-3-5-11-16/h3-12,14H,2,13H2,1H3/b9-7+. The minimum Gasteiger partial charge on any atom is -0.466 e. The lowest BCUT2D eigenvalue weighted by Crippen LogP contribution is -2.01. The molecule has 0 aliphatic heterocycles. The van der Waals surface area contributed by atoms with Crippen LogP contribution >= 0.6 is 0 Å². The second kappa shape index (κ2) is 7.93. The summed E-state index contributed by atoms with van der Waals surface area (Å²) >= 11 is 0. The molecule has 0 N–H and O–H groups in total. The summed E-state index contributed by atoms with van der Waals surface area (Å²) in [6.45, 7) is 2.16. The van der Waals surface area contributed by atoms with E-state index < -0.39 is 0 Å². The zero-order valence-corrected chi connectivity index (χ0v) is 12.5. The predicted octanol–water partition coefficient (Wildman–Crippen LogP) is 3.88. The van der Waals surface area contributed by atoms with Crippen molar-refractivity contribution in [2.24, 2.45) is 0 Å². The molecule has 2 aromatic carbocycles. The molecule has 3 nitrogen and oxygen atoms in total. The lowest BCUT2D eigenvalue weighted by atomic mass is 10.0. The Bertz CT molecular complexity index is 672. The van der Waals surface area contributed by atoms with Gasteiger partial charge < -0.3 is 4.74 Å². The Morgan fingerprint density at radius 2 is 1.73 bits per heavy atom. The number of ether oxygens (including phenoxy) is 1. The lowest BCUT2D eigenvalue weighted by molar-refractivity contribution is -0.142. The van der Waals surface area contributed by atoms with E-state index in [-0.39, 0.29) is 18.2 Å². The third kappa shape index (κ3) is 4.42. The van der Waals surface area contributed by atoms with Crippen molar-refractivity contribution < 1.29 is 14.3 Å². The summed E-state index contributed by atoms with van der Waals surface area (Å²) in [6, 6.07) is 16.5. The molecule has 0 amide bonds. The maximum Gasteiger partial charge on any atom is 0.309 e. The van der Waals surface area contributed by atoms with Crippen molar-refractivity contribution in [2.45, 2.75) is 13.3 Å². The molecule has 0 heterocycles. The number of ketones is 1. The van der Waals surface area contributed by atoms with E-state index >= 15 is 0 Å². The van der Waals surface area contributed by atoms with Crippen LogP contribution in [0.25, 0.3) is 6.08 Å². The van der Waals surface area contributed by atoms with E-state index in [0.29, 0.717) is 17.7 Å². The topological polar surface area (TPSA) is 43.4 Å². The molecular formula is C19H18O3. The highest BCUT2D eigenvalue weighted by atomic mass is 16.5. The Balaban J connectivity index is 2.09.